The third-order valence-corrected chi connectivity index (χ3v) is 4.23. The molecule has 0 spiro atoms. The maximum Gasteiger partial charge on any atom is 0.258 e. The van der Waals surface area contributed by atoms with Gasteiger partial charge in [-0.3, -0.25) is 9.89 Å². The predicted octanol–water partition coefficient (Wildman–Crippen LogP) is 2.57. The zero-order valence-corrected chi connectivity index (χ0v) is 10.5. The Morgan fingerprint density at radius 3 is 2.65 bits per heavy atom. The van der Waals surface area contributed by atoms with Gasteiger partial charge in [-0.05, 0) is 26.7 Å². The number of aromatic nitrogens is 2. The second-order valence-corrected chi connectivity index (χ2v) is 5.28. The first-order valence-electron chi connectivity index (χ1n) is 6.57. The molecule has 1 aliphatic carbocycles. The van der Waals surface area contributed by atoms with Crippen LogP contribution in [0, 0.1) is 6.92 Å². The minimum Gasteiger partial charge on any atom is -0.327 e. The largest absolute Gasteiger partial charge is 0.327 e. The van der Waals surface area contributed by atoms with E-state index in [1.165, 1.54) is 19.3 Å². The summed E-state index contributed by atoms with van der Waals surface area (Å²) >= 11 is 0. The van der Waals surface area contributed by atoms with E-state index in [-0.39, 0.29) is 11.9 Å². The smallest absolute Gasteiger partial charge is 0.258 e. The number of hydrogen-bond donors (Lipinski definition) is 1. The molecule has 1 aliphatic heterocycles. The molecule has 1 atom stereocenters. The Morgan fingerprint density at radius 2 is 2.00 bits per heavy atom. The molecule has 1 saturated carbocycles. The van der Waals surface area contributed by atoms with Gasteiger partial charge >= 0.3 is 0 Å². The third-order valence-electron chi connectivity index (χ3n) is 4.23. The average molecular weight is 233 g/mol. The van der Waals surface area contributed by atoms with Gasteiger partial charge in [0.15, 0.2) is 0 Å². The first-order chi connectivity index (χ1) is 8.20. The first kappa shape index (κ1) is 10.8. The summed E-state index contributed by atoms with van der Waals surface area (Å²) in [4.78, 5) is 14.5. The van der Waals surface area contributed by atoms with Gasteiger partial charge in [-0.25, -0.2) is 0 Å². The molecule has 1 aromatic heterocycles. The Balaban J connectivity index is 1.91. The van der Waals surface area contributed by atoms with Crippen LogP contribution in [0.1, 0.15) is 66.8 Å². The number of nitrogens with zero attached hydrogens (tertiary/aromatic N) is 2. The molecule has 3 rings (SSSR count). The molecular formula is C13H19N3O. The zero-order valence-electron chi connectivity index (χ0n) is 10.5. The van der Waals surface area contributed by atoms with Gasteiger partial charge in [0.2, 0.25) is 0 Å². The van der Waals surface area contributed by atoms with E-state index in [9.17, 15) is 4.79 Å². The standard InChI is InChI=1S/C13H19N3O/c1-8-11-12(15-14-8)9(2)16(13(11)17)10-6-4-3-5-7-10/h9-10H,3-7H2,1-2H3,(H,14,15). The molecule has 2 heterocycles. The lowest BCUT2D eigenvalue weighted by molar-refractivity contribution is 0.0586. The summed E-state index contributed by atoms with van der Waals surface area (Å²) in [6, 6.07) is 0.605. The maximum atomic E-state index is 12.5. The summed E-state index contributed by atoms with van der Waals surface area (Å²) in [6.07, 6.45) is 6.15. The van der Waals surface area contributed by atoms with Crippen LogP contribution in [0.25, 0.3) is 0 Å². The van der Waals surface area contributed by atoms with Gasteiger partial charge in [0.1, 0.15) is 0 Å². The van der Waals surface area contributed by atoms with Crippen LogP contribution in [0.4, 0.5) is 0 Å². The van der Waals surface area contributed by atoms with Gasteiger partial charge in [-0.15, -0.1) is 0 Å². The number of amides is 1. The summed E-state index contributed by atoms with van der Waals surface area (Å²) in [5.41, 5.74) is 2.68. The fourth-order valence-electron chi connectivity index (χ4n) is 3.31. The number of carbonyl (C=O) groups is 1. The van der Waals surface area contributed by atoms with Gasteiger partial charge < -0.3 is 4.90 Å². The van der Waals surface area contributed by atoms with Crippen LogP contribution < -0.4 is 0 Å². The normalized spacial score (nSPS) is 25.4. The number of nitrogens with one attached hydrogen (secondary N) is 1. The Kier molecular flexibility index (Phi) is 2.45. The summed E-state index contributed by atoms with van der Waals surface area (Å²) in [5, 5.41) is 7.17. The van der Waals surface area contributed by atoms with Crippen molar-refractivity contribution in [3.05, 3.63) is 17.0 Å². The van der Waals surface area contributed by atoms with Crippen molar-refractivity contribution >= 4 is 5.91 Å². The summed E-state index contributed by atoms with van der Waals surface area (Å²) in [7, 11) is 0. The molecule has 1 aromatic rings. The molecule has 1 unspecified atom stereocenters. The molecule has 2 aliphatic rings. The minimum absolute atomic E-state index is 0.168. The van der Waals surface area contributed by atoms with E-state index in [2.05, 4.69) is 22.0 Å². The molecule has 4 nitrogen and oxygen atoms in total. The molecule has 92 valence electrons. The number of H-pyrrole nitrogens is 1. The Bertz CT molecular complexity index is 446. The van der Waals surface area contributed by atoms with E-state index in [1.54, 1.807) is 0 Å². The lowest BCUT2D eigenvalue weighted by atomic mass is 9.93. The second kappa shape index (κ2) is 3.86. The zero-order chi connectivity index (χ0) is 12.0. The fraction of sp³-hybridized carbons (Fsp3) is 0.692. The van der Waals surface area contributed by atoms with E-state index in [0.717, 1.165) is 29.8 Å². The van der Waals surface area contributed by atoms with E-state index < -0.39 is 0 Å². The molecule has 4 heteroatoms. The fourth-order valence-corrected chi connectivity index (χ4v) is 3.31. The van der Waals surface area contributed by atoms with E-state index in [4.69, 9.17) is 0 Å². The number of hydrogen-bond acceptors (Lipinski definition) is 2. The summed E-state index contributed by atoms with van der Waals surface area (Å²) in [5.74, 6) is 0.186. The Labute approximate surface area is 101 Å². The van der Waals surface area contributed by atoms with Crippen LogP contribution in [0.15, 0.2) is 0 Å². The van der Waals surface area contributed by atoms with Crippen molar-refractivity contribution in [1.82, 2.24) is 15.1 Å². The lowest BCUT2D eigenvalue weighted by Crippen LogP contribution is -2.39. The number of rotatable bonds is 1. The summed E-state index contributed by atoms with van der Waals surface area (Å²) < 4.78 is 0. The van der Waals surface area contributed by atoms with Crippen LogP contribution in [-0.4, -0.2) is 27.0 Å². The first-order valence-corrected chi connectivity index (χ1v) is 6.57. The number of aryl methyl sites for hydroxylation is 1. The third kappa shape index (κ3) is 1.50. The molecule has 1 fully saturated rings. The maximum absolute atomic E-state index is 12.5. The van der Waals surface area contributed by atoms with Crippen LogP contribution >= 0.6 is 0 Å². The Hall–Kier alpha value is -1.32. The van der Waals surface area contributed by atoms with Crippen molar-refractivity contribution in [1.29, 1.82) is 0 Å². The highest BCUT2D eigenvalue weighted by Crippen LogP contribution is 2.38. The highest BCUT2D eigenvalue weighted by Gasteiger charge is 2.41. The monoisotopic (exact) mass is 233 g/mol. The van der Waals surface area contributed by atoms with E-state index >= 15 is 0 Å². The summed E-state index contributed by atoms with van der Waals surface area (Å²) in [6.45, 7) is 4.01. The molecule has 0 saturated heterocycles. The highest BCUT2D eigenvalue weighted by atomic mass is 16.2. The predicted molar refractivity (Wildman–Crippen MR) is 64.8 cm³/mol. The van der Waals surface area contributed by atoms with Gasteiger partial charge in [-0.1, -0.05) is 19.3 Å². The van der Waals surface area contributed by atoms with Gasteiger partial charge in [0, 0.05) is 6.04 Å². The van der Waals surface area contributed by atoms with Crippen molar-refractivity contribution < 1.29 is 4.79 Å². The van der Waals surface area contributed by atoms with Crippen molar-refractivity contribution in [3.8, 4) is 0 Å². The second-order valence-electron chi connectivity index (χ2n) is 5.28. The quantitative estimate of drug-likeness (QED) is 0.810. The van der Waals surface area contributed by atoms with Crippen molar-refractivity contribution in [2.24, 2.45) is 0 Å². The Morgan fingerprint density at radius 1 is 1.29 bits per heavy atom. The van der Waals surface area contributed by atoms with Crippen LogP contribution in [0.3, 0.4) is 0 Å². The molecule has 0 bridgehead atoms. The number of carbonyl (C=O) groups excluding carboxylic acids is 1. The van der Waals surface area contributed by atoms with Crippen LogP contribution in [0.5, 0.6) is 0 Å². The molecule has 1 amide bonds. The van der Waals surface area contributed by atoms with Crippen molar-refractivity contribution in [2.45, 2.75) is 58.0 Å². The average Bonchev–Trinajstić information content (AvgIpc) is 2.82. The van der Waals surface area contributed by atoms with Crippen LogP contribution in [0.2, 0.25) is 0 Å². The van der Waals surface area contributed by atoms with E-state index in [1.807, 2.05) is 6.92 Å². The molecule has 17 heavy (non-hydrogen) atoms. The molecule has 0 radical (unpaired) electrons. The van der Waals surface area contributed by atoms with Gasteiger partial charge in [0.25, 0.3) is 5.91 Å². The van der Waals surface area contributed by atoms with Gasteiger partial charge in [-0.2, -0.15) is 5.10 Å². The SMILES string of the molecule is Cc1n[nH]c2c1C(=O)N(C1CCCCC1)C2C. The van der Waals surface area contributed by atoms with Crippen LogP contribution in [-0.2, 0) is 0 Å². The topological polar surface area (TPSA) is 49.0 Å². The molecule has 0 aromatic carbocycles. The lowest BCUT2D eigenvalue weighted by Gasteiger charge is -2.34. The van der Waals surface area contributed by atoms with Gasteiger partial charge in [0.05, 0.1) is 23.0 Å². The van der Waals surface area contributed by atoms with Crippen molar-refractivity contribution in [2.75, 3.05) is 0 Å². The number of fused-ring (bicyclic) bond motifs is 1. The highest BCUT2D eigenvalue weighted by molar-refractivity contribution is 5.99. The minimum atomic E-state index is 0.168. The molecular weight excluding hydrogens is 214 g/mol. The number of aromatic amines is 1. The van der Waals surface area contributed by atoms with Crippen molar-refractivity contribution in [3.63, 3.8) is 0 Å². The van der Waals surface area contributed by atoms with E-state index in [0.29, 0.717) is 6.04 Å². The molecule has 1 N–H and O–H groups in total.